The molecule has 4 nitrogen and oxygen atoms in total. The molecule has 0 radical (unpaired) electrons. The molecule has 0 saturated carbocycles. The molecule has 0 fully saturated rings. The molecule has 1 atom stereocenters. The summed E-state index contributed by atoms with van der Waals surface area (Å²) in [5.74, 6) is 0.564. The van der Waals surface area contributed by atoms with Crippen LogP contribution >= 0.6 is 0 Å². The van der Waals surface area contributed by atoms with E-state index in [1.165, 1.54) is 0 Å². The van der Waals surface area contributed by atoms with E-state index in [-0.39, 0.29) is 18.6 Å². The maximum Gasteiger partial charge on any atom is 0.258 e. The first-order valence-corrected chi connectivity index (χ1v) is 6.51. The van der Waals surface area contributed by atoms with Crippen LogP contribution in [0.25, 0.3) is 0 Å². The van der Waals surface area contributed by atoms with Crippen LogP contribution < -0.4 is 15.8 Å². The lowest BCUT2D eigenvalue weighted by molar-refractivity contribution is -0.122. The van der Waals surface area contributed by atoms with Crippen LogP contribution in [-0.2, 0) is 11.2 Å². The van der Waals surface area contributed by atoms with E-state index in [0.717, 1.165) is 24.2 Å². The fourth-order valence-electron chi connectivity index (χ4n) is 1.62. The van der Waals surface area contributed by atoms with Crippen molar-refractivity contribution in [2.45, 2.75) is 25.8 Å². The van der Waals surface area contributed by atoms with E-state index < -0.39 is 0 Å². The van der Waals surface area contributed by atoms with Gasteiger partial charge in [0.05, 0.1) is 0 Å². The quantitative estimate of drug-likeness (QED) is 0.700. The van der Waals surface area contributed by atoms with Crippen molar-refractivity contribution in [2.75, 3.05) is 13.2 Å². The normalized spacial score (nSPS) is 11.7. The van der Waals surface area contributed by atoms with Crippen molar-refractivity contribution in [2.24, 2.45) is 5.73 Å². The summed E-state index contributed by atoms with van der Waals surface area (Å²) in [4.78, 5) is 11.5. The Labute approximate surface area is 114 Å². The Morgan fingerprint density at radius 3 is 2.95 bits per heavy atom. The number of hydrogen-bond donors (Lipinski definition) is 2. The molecule has 1 unspecified atom stereocenters. The molecule has 1 rings (SSSR count). The summed E-state index contributed by atoms with van der Waals surface area (Å²) >= 11 is 0. The average Bonchev–Trinajstić information content (AvgIpc) is 2.44. The second kappa shape index (κ2) is 8.32. The fraction of sp³-hybridized carbons (Fsp3) is 0.400. The molecule has 3 N–H and O–H groups in total. The number of rotatable bonds is 8. The predicted octanol–water partition coefficient (Wildman–Crippen LogP) is 1.65. The van der Waals surface area contributed by atoms with Crippen LogP contribution in [0.1, 0.15) is 18.9 Å². The Kier molecular flexibility index (Phi) is 6.68. The second-order valence-corrected chi connectivity index (χ2v) is 4.36. The van der Waals surface area contributed by atoms with E-state index in [1.807, 2.05) is 24.3 Å². The molecular formula is C15H22N2O2. The topological polar surface area (TPSA) is 64.3 Å². The Bertz CT molecular complexity index is 418. The summed E-state index contributed by atoms with van der Waals surface area (Å²) in [7, 11) is 0. The predicted molar refractivity (Wildman–Crippen MR) is 77.1 cm³/mol. The van der Waals surface area contributed by atoms with Crippen LogP contribution in [0.3, 0.4) is 0 Å². The second-order valence-electron chi connectivity index (χ2n) is 4.36. The van der Waals surface area contributed by atoms with Gasteiger partial charge in [-0.05, 0) is 24.5 Å². The molecule has 0 spiro atoms. The van der Waals surface area contributed by atoms with E-state index >= 15 is 0 Å². The summed E-state index contributed by atoms with van der Waals surface area (Å²) in [5, 5.41) is 2.67. The SMILES string of the molecule is C=CCNC(=O)COc1ccccc1CC(N)CC. The molecule has 1 aromatic carbocycles. The van der Waals surface area contributed by atoms with Crippen molar-refractivity contribution < 1.29 is 9.53 Å². The number of carbonyl (C=O) groups is 1. The van der Waals surface area contributed by atoms with Gasteiger partial charge in [0.25, 0.3) is 5.91 Å². The number of nitrogens with two attached hydrogens (primary N) is 1. The molecule has 0 aliphatic rings. The number of para-hydroxylation sites is 1. The number of benzene rings is 1. The summed E-state index contributed by atoms with van der Waals surface area (Å²) in [5.41, 5.74) is 6.99. The van der Waals surface area contributed by atoms with E-state index in [2.05, 4.69) is 18.8 Å². The lowest BCUT2D eigenvalue weighted by atomic mass is 10.0. The summed E-state index contributed by atoms with van der Waals surface area (Å²) in [6.07, 6.45) is 3.29. The number of nitrogens with one attached hydrogen (secondary N) is 1. The highest BCUT2D eigenvalue weighted by Crippen LogP contribution is 2.19. The summed E-state index contributed by atoms with van der Waals surface area (Å²) in [6.45, 7) is 6.05. The number of hydrogen-bond acceptors (Lipinski definition) is 3. The molecule has 0 aliphatic carbocycles. The van der Waals surface area contributed by atoms with Gasteiger partial charge in [0.15, 0.2) is 6.61 Å². The number of carbonyl (C=O) groups excluding carboxylic acids is 1. The zero-order chi connectivity index (χ0) is 14.1. The Morgan fingerprint density at radius 1 is 1.53 bits per heavy atom. The third-order valence-corrected chi connectivity index (χ3v) is 2.78. The van der Waals surface area contributed by atoms with E-state index in [0.29, 0.717) is 6.54 Å². The van der Waals surface area contributed by atoms with Crippen LogP contribution in [-0.4, -0.2) is 25.1 Å². The van der Waals surface area contributed by atoms with Crippen molar-refractivity contribution in [1.82, 2.24) is 5.32 Å². The monoisotopic (exact) mass is 262 g/mol. The van der Waals surface area contributed by atoms with Gasteiger partial charge in [-0.15, -0.1) is 6.58 Å². The molecule has 1 amide bonds. The standard InChI is InChI=1S/C15H22N2O2/c1-3-9-17-15(18)11-19-14-8-6-5-7-12(14)10-13(16)4-2/h3,5-8,13H,1,4,9-11,16H2,2H3,(H,17,18). The van der Waals surface area contributed by atoms with Crippen LogP contribution in [0.5, 0.6) is 5.75 Å². The van der Waals surface area contributed by atoms with Gasteiger partial charge >= 0.3 is 0 Å². The van der Waals surface area contributed by atoms with Crippen molar-refractivity contribution in [1.29, 1.82) is 0 Å². The maximum atomic E-state index is 11.5. The van der Waals surface area contributed by atoms with Crippen molar-refractivity contribution in [3.63, 3.8) is 0 Å². The largest absolute Gasteiger partial charge is 0.483 e. The van der Waals surface area contributed by atoms with Crippen molar-refractivity contribution in [3.8, 4) is 5.75 Å². The number of ether oxygens (including phenoxy) is 1. The third-order valence-electron chi connectivity index (χ3n) is 2.78. The Balaban J connectivity index is 2.57. The van der Waals surface area contributed by atoms with Gasteiger partial charge < -0.3 is 15.8 Å². The van der Waals surface area contributed by atoms with Gasteiger partial charge in [0.1, 0.15) is 5.75 Å². The van der Waals surface area contributed by atoms with Gasteiger partial charge in [-0.3, -0.25) is 4.79 Å². The van der Waals surface area contributed by atoms with E-state index in [1.54, 1.807) is 6.08 Å². The van der Waals surface area contributed by atoms with Gasteiger partial charge in [-0.1, -0.05) is 31.2 Å². The molecule has 0 saturated heterocycles. The van der Waals surface area contributed by atoms with E-state index in [9.17, 15) is 4.79 Å². The van der Waals surface area contributed by atoms with Gasteiger partial charge in [-0.2, -0.15) is 0 Å². The lowest BCUT2D eigenvalue weighted by Crippen LogP contribution is -2.29. The molecular weight excluding hydrogens is 240 g/mol. The maximum absolute atomic E-state index is 11.5. The van der Waals surface area contributed by atoms with Gasteiger partial charge in [0.2, 0.25) is 0 Å². The molecule has 1 aromatic rings. The Hall–Kier alpha value is -1.81. The molecule has 0 bridgehead atoms. The third kappa shape index (κ3) is 5.57. The number of amides is 1. The highest BCUT2D eigenvalue weighted by atomic mass is 16.5. The minimum absolute atomic E-state index is 0.00617. The smallest absolute Gasteiger partial charge is 0.258 e. The van der Waals surface area contributed by atoms with E-state index in [4.69, 9.17) is 10.5 Å². The minimum Gasteiger partial charge on any atom is -0.483 e. The molecule has 4 heteroatoms. The zero-order valence-electron chi connectivity index (χ0n) is 11.4. The van der Waals surface area contributed by atoms with Crippen molar-refractivity contribution in [3.05, 3.63) is 42.5 Å². The molecule has 19 heavy (non-hydrogen) atoms. The lowest BCUT2D eigenvalue weighted by Gasteiger charge is -2.14. The highest BCUT2D eigenvalue weighted by Gasteiger charge is 2.08. The molecule has 0 aromatic heterocycles. The van der Waals surface area contributed by atoms with Crippen LogP contribution in [0.4, 0.5) is 0 Å². The minimum atomic E-state index is -0.158. The van der Waals surface area contributed by atoms with Crippen LogP contribution in [0.15, 0.2) is 36.9 Å². The highest BCUT2D eigenvalue weighted by molar-refractivity contribution is 5.77. The zero-order valence-corrected chi connectivity index (χ0v) is 11.4. The van der Waals surface area contributed by atoms with Crippen LogP contribution in [0, 0.1) is 0 Å². The first-order chi connectivity index (χ1) is 9.17. The fourth-order valence-corrected chi connectivity index (χ4v) is 1.62. The summed E-state index contributed by atoms with van der Waals surface area (Å²) < 4.78 is 5.54. The first kappa shape index (κ1) is 15.2. The molecule has 0 heterocycles. The summed E-state index contributed by atoms with van der Waals surface area (Å²) in [6, 6.07) is 7.78. The Morgan fingerprint density at radius 2 is 2.26 bits per heavy atom. The first-order valence-electron chi connectivity index (χ1n) is 6.51. The molecule has 0 aliphatic heterocycles. The molecule has 104 valence electrons. The van der Waals surface area contributed by atoms with Crippen LogP contribution in [0.2, 0.25) is 0 Å². The average molecular weight is 262 g/mol. The van der Waals surface area contributed by atoms with Gasteiger partial charge in [0, 0.05) is 12.6 Å². The van der Waals surface area contributed by atoms with Crippen molar-refractivity contribution >= 4 is 5.91 Å². The van der Waals surface area contributed by atoms with Gasteiger partial charge in [-0.25, -0.2) is 0 Å².